The Balaban J connectivity index is 2.47. The number of fused-ring (bicyclic) bond motifs is 1. The van der Waals surface area contributed by atoms with Crippen LogP contribution in [0.15, 0.2) is 42.5 Å². The van der Waals surface area contributed by atoms with Gasteiger partial charge in [0.15, 0.2) is 0 Å². The van der Waals surface area contributed by atoms with Gasteiger partial charge in [0.1, 0.15) is 22.2 Å². The number of nitro groups is 1. The van der Waals surface area contributed by atoms with E-state index in [4.69, 9.17) is 21.1 Å². The van der Waals surface area contributed by atoms with Gasteiger partial charge < -0.3 is 9.47 Å². The predicted molar refractivity (Wildman–Crippen MR) is 91.9 cm³/mol. The van der Waals surface area contributed by atoms with Crippen molar-refractivity contribution in [2.45, 2.75) is 0 Å². The van der Waals surface area contributed by atoms with Crippen LogP contribution in [0.2, 0.25) is 5.15 Å². The summed E-state index contributed by atoms with van der Waals surface area (Å²) in [5.74, 6) is 1.04. The molecule has 122 valence electrons. The van der Waals surface area contributed by atoms with E-state index in [2.05, 4.69) is 4.98 Å². The molecule has 0 saturated carbocycles. The number of rotatable bonds is 4. The van der Waals surface area contributed by atoms with Gasteiger partial charge in [0.25, 0.3) is 5.69 Å². The molecule has 0 radical (unpaired) electrons. The van der Waals surface area contributed by atoms with Crippen molar-refractivity contribution in [2.24, 2.45) is 0 Å². The van der Waals surface area contributed by atoms with Crippen LogP contribution < -0.4 is 9.47 Å². The number of pyridine rings is 1. The van der Waals surface area contributed by atoms with Crippen LogP contribution in [-0.2, 0) is 0 Å². The van der Waals surface area contributed by atoms with Crippen LogP contribution in [0.1, 0.15) is 0 Å². The monoisotopic (exact) mass is 344 g/mol. The number of nitrogens with zero attached hydrogens (tertiary/aromatic N) is 2. The lowest BCUT2D eigenvalue weighted by Crippen LogP contribution is -1.96. The van der Waals surface area contributed by atoms with Crippen molar-refractivity contribution in [3.63, 3.8) is 0 Å². The van der Waals surface area contributed by atoms with Gasteiger partial charge >= 0.3 is 0 Å². The first-order valence-corrected chi connectivity index (χ1v) is 7.39. The summed E-state index contributed by atoms with van der Waals surface area (Å²) in [6, 6.07) is 11.5. The lowest BCUT2D eigenvalue weighted by molar-refractivity contribution is -0.384. The molecule has 6 nitrogen and oxygen atoms in total. The molecule has 1 aromatic heterocycles. The van der Waals surface area contributed by atoms with E-state index in [-0.39, 0.29) is 10.8 Å². The Kier molecular flexibility index (Phi) is 4.22. The molecule has 0 aliphatic rings. The Morgan fingerprint density at radius 1 is 1.04 bits per heavy atom. The minimum Gasteiger partial charge on any atom is -0.496 e. The summed E-state index contributed by atoms with van der Waals surface area (Å²) < 4.78 is 10.8. The predicted octanol–water partition coefficient (Wildman–Crippen LogP) is 4.48. The number of nitro benzene ring substituents is 1. The van der Waals surface area contributed by atoms with Gasteiger partial charge in [0.05, 0.1) is 30.1 Å². The Bertz CT molecular complexity index is 943. The van der Waals surface area contributed by atoms with Crippen molar-refractivity contribution in [1.29, 1.82) is 0 Å². The van der Waals surface area contributed by atoms with Crippen molar-refractivity contribution in [3.05, 3.63) is 57.7 Å². The third-order valence-corrected chi connectivity index (χ3v) is 3.88. The Morgan fingerprint density at radius 2 is 1.71 bits per heavy atom. The van der Waals surface area contributed by atoms with Gasteiger partial charge in [-0.1, -0.05) is 23.7 Å². The summed E-state index contributed by atoms with van der Waals surface area (Å²) in [5, 5.41) is 12.2. The second kappa shape index (κ2) is 6.33. The van der Waals surface area contributed by atoms with Crippen LogP contribution in [0, 0.1) is 10.1 Å². The molecule has 0 aliphatic carbocycles. The average Bonchev–Trinajstić information content (AvgIpc) is 2.59. The first kappa shape index (κ1) is 16.0. The molecule has 2 aromatic carbocycles. The third kappa shape index (κ3) is 2.61. The molecule has 3 rings (SSSR count). The molecule has 7 heteroatoms. The molecular formula is C17H13ClN2O4. The Morgan fingerprint density at radius 3 is 2.38 bits per heavy atom. The fraction of sp³-hybridized carbons (Fsp3) is 0.118. The lowest BCUT2D eigenvalue weighted by Gasteiger charge is -2.14. The number of aromatic nitrogens is 1. The zero-order chi connectivity index (χ0) is 17.3. The lowest BCUT2D eigenvalue weighted by atomic mass is 9.99. The molecular weight excluding hydrogens is 332 g/mol. The highest BCUT2D eigenvalue weighted by Crippen LogP contribution is 2.42. The fourth-order valence-corrected chi connectivity index (χ4v) is 2.86. The zero-order valence-electron chi connectivity index (χ0n) is 12.9. The van der Waals surface area contributed by atoms with Gasteiger partial charge in [0, 0.05) is 11.6 Å². The Hall–Kier alpha value is -2.86. The van der Waals surface area contributed by atoms with E-state index >= 15 is 0 Å². The molecule has 0 spiro atoms. The van der Waals surface area contributed by atoms with Crippen LogP contribution in [0.4, 0.5) is 5.69 Å². The van der Waals surface area contributed by atoms with Gasteiger partial charge in [-0.3, -0.25) is 10.1 Å². The van der Waals surface area contributed by atoms with Crippen molar-refractivity contribution >= 4 is 28.2 Å². The maximum absolute atomic E-state index is 11.4. The Labute approximate surface area is 142 Å². The zero-order valence-corrected chi connectivity index (χ0v) is 13.7. The molecule has 24 heavy (non-hydrogen) atoms. The first-order valence-electron chi connectivity index (χ1n) is 7.02. The molecule has 1 heterocycles. The SMILES string of the molecule is COc1ccc(OC)c2c(-c3ccccc3[N+](=O)[O-])cc(Cl)nc12. The van der Waals surface area contributed by atoms with E-state index in [9.17, 15) is 10.1 Å². The highest BCUT2D eigenvalue weighted by Gasteiger charge is 2.21. The van der Waals surface area contributed by atoms with E-state index in [1.165, 1.54) is 20.3 Å². The second-order valence-electron chi connectivity index (χ2n) is 4.96. The minimum atomic E-state index is -0.428. The first-order chi connectivity index (χ1) is 11.6. The summed E-state index contributed by atoms with van der Waals surface area (Å²) in [5.41, 5.74) is 1.46. The summed E-state index contributed by atoms with van der Waals surface area (Å²) in [6.45, 7) is 0. The third-order valence-electron chi connectivity index (χ3n) is 3.68. The number of hydrogen-bond acceptors (Lipinski definition) is 5. The molecule has 0 amide bonds. The highest BCUT2D eigenvalue weighted by molar-refractivity contribution is 6.30. The topological polar surface area (TPSA) is 74.5 Å². The van der Waals surface area contributed by atoms with Crippen LogP contribution in [0.25, 0.3) is 22.0 Å². The van der Waals surface area contributed by atoms with Crippen LogP contribution in [-0.4, -0.2) is 24.1 Å². The highest BCUT2D eigenvalue weighted by atomic mass is 35.5. The van der Waals surface area contributed by atoms with Crippen LogP contribution in [0.5, 0.6) is 11.5 Å². The summed E-state index contributed by atoms with van der Waals surface area (Å²) in [6.07, 6.45) is 0. The number of ether oxygens (including phenoxy) is 2. The summed E-state index contributed by atoms with van der Waals surface area (Å²) in [4.78, 5) is 15.3. The van der Waals surface area contributed by atoms with Crippen LogP contribution >= 0.6 is 11.6 Å². The summed E-state index contributed by atoms with van der Waals surface area (Å²) >= 11 is 6.15. The average molecular weight is 345 g/mol. The fourth-order valence-electron chi connectivity index (χ4n) is 2.66. The molecule has 0 unspecified atom stereocenters. The van der Waals surface area contributed by atoms with Crippen molar-refractivity contribution < 1.29 is 14.4 Å². The number of hydrogen-bond donors (Lipinski definition) is 0. The number of para-hydroxylation sites is 1. The number of benzene rings is 2. The van der Waals surface area contributed by atoms with E-state index in [0.717, 1.165) is 0 Å². The smallest absolute Gasteiger partial charge is 0.277 e. The molecule has 0 fully saturated rings. The number of halogens is 1. The molecule has 0 bridgehead atoms. The second-order valence-corrected chi connectivity index (χ2v) is 5.35. The maximum Gasteiger partial charge on any atom is 0.277 e. The van der Waals surface area contributed by atoms with Gasteiger partial charge in [-0.15, -0.1) is 0 Å². The van der Waals surface area contributed by atoms with Crippen molar-refractivity contribution in [1.82, 2.24) is 4.98 Å². The van der Waals surface area contributed by atoms with Crippen molar-refractivity contribution in [2.75, 3.05) is 14.2 Å². The number of methoxy groups -OCH3 is 2. The molecule has 0 aliphatic heterocycles. The van der Waals surface area contributed by atoms with Crippen LogP contribution in [0.3, 0.4) is 0 Å². The van der Waals surface area contributed by atoms with Crippen molar-refractivity contribution in [3.8, 4) is 22.6 Å². The van der Waals surface area contributed by atoms with E-state index in [1.807, 2.05) is 0 Å². The maximum atomic E-state index is 11.4. The van der Waals surface area contributed by atoms with E-state index in [1.54, 1.807) is 36.4 Å². The van der Waals surface area contributed by atoms with Gasteiger partial charge in [-0.2, -0.15) is 0 Å². The van der Waals surface area contributed by atoms with E-state index < -0.39 is 4.92 Å². The van der Waals surface area contributed by atoms with Gasteiger partial charge in [-0.05, 0) is 24.3 Å². The summed E-state index contributed by atoms with van der Waals surface area (Å²) in [7, 11) is 3.05. The molecule has 3 aromatic rings. The van der Waals surface area contributed by atoms with Gasteiger partial charge in [0.2, 0.25) is 0 Å². The molecule has 0 N–H and O–H groups in total. The van der Waals surface area contributed by atoms with Gasteiger partial charge in [-0.25, -0.2) is 4.98 Å². The normalized spacial score (nSPS) is 10.6. The standard InChI is InChI=1S/C17H13ClN2O4/c1-23-13-7-8-14(24-2)17-16(13)11(9-15(18)19-17)10-5-3-4-6-12(10)20(21)22/h3-9H,1-2H3. The largest absolute Gasteiger partial charge is 0.496 e. The minimum absolute atomic E-state index is 0.0223. The molecule has 0 saturated heterocycles. The van der Waals surface area contributed by atoms with E-state index in [0.29, 0.717) is 33.5 Å². The quantitative estimate of drug-likeness (QED) is 0.396. The molecule has 0 atom stereocenters.